The van der Waals surface area contributed by atoms with Crippen LogP contribution in [0.15, 0.2) is 120 Å². The standard InChI is InChI=1S/C56H63ClFN3O5/c1-6-38(30-42(7-2)48(8-3)54(63)23-17-39-15-19-46(20-16-39)66-47-21-18-44(34-59)52(57)32-47)29-40-11-13-41(14-12-40)35-61-26-9-10-43(25-27-61)51-31-45(50(37(5)62)33-53(51)58)28-36(4)49-22-24-55(64)60-56(49)65/h6,8,10,17-18,21,23,29-33,39,41,46,49H,1,3-4,7,9,11-16,19-20,22,24-28,35H2,2,5H3,(H,60,64,65)/b23-17+,38-30+,40-29?,48-42+. The van der Waals surface area contributed by atoms with Gasteiger partial charge in [-0.3, -0.25) is 24.5 Å². The summed E-state index contributed by atoms with van der Waals surface area (Å²) in [6.45, 7) is 18.4. The van der Waals surface area contributed by atoms with Gasteiger partial charge < -0.3 is 9.64 Å². The van der Waals surface area contributed by atoms with Crippen molar-refractivity contribution in [1.82, 2.24) is 10.2 Å². The number of ketones is 2. The molecule has 346 valence electrons. The second kappa shape index (κ2) is 23.7. The van der Waals surface area contributed by atoms with Crippen LogP contribution < -0.4 is 10.1 Å². The molecule has 10 heteroatoms. The molecule has 0 radical (unpaired) electrons. The van der Waals surface area contributed by atoms with Crippen LogP contribution in [0.3, 0.4) is 0 Å². The lowest BCUT2D eigenvalue weighted by Crippen LogP contribution is -2.41. The van der Waals surface area contributed by atoms with Crippen molar-refractivity contribution in [2.45, 2.75) is 110 Å². The Balaban J connectivity index is 1.00. The molecule has 1 unspecified atom stereocenters. The van der Waals surface area contributed by atoms with E-state index in [9.17, 15) is 19.2 Å². The second-order valence-electron chi connectivity index (χ2n) is 18.2. The smallest absolute Gasteiger partial charge is 0.233 e. The number of halogens is 2. The average molecular weight is 913 g/mol. The van der Waals surface area contributed by atoms with E-state index in [1.165, 1.54) is 18.6 Å². The van der Waals surface area contributed by atoms with Crippen molar-refractivity contribution in [3.8, 4) is 11.8 Å². The number of nitriles is 1. The number of allylic oxidation sites excluding steroid dienone is 10. The molecule has 2 aliphatic carbocycles. The minimum atomic E-state index is -0.532. The summed E-state index contributed by atoms with van der Waals surface area (Å²) in [5.41, 5.74) is 7.27. The summed E-state index contributed by atoms with van der Waals surface area (Å²) < 4.78 is 21.9. The molecule has 2 saturated carbocycles. The van der Waals surface area contributed by atoms with Gasteiger partial charge >= 0.3 is 0 Å². The van der Waals surface area contributed by atoms with E-state index in [0.29, 0.717) is 63.8 Å². The molecule has 6 rings (SSSR count). The summed E-state index contributed by atoms with van der Waals surface area (Å²) in [5, 5.41) is 11.9. The number of hydrogen-bond acceptors (Lipinski definition) is 7. The molecule has 66 heavy (non-hydrogen) atoms. The average Bonchev–Trinajstić information content (AvgIpc) is 3.54. The van der Waals surface area contributed by atoms with Gasteiger partial charge in [-0.2, -0.15) is 5.26 Å². The number of amides is 2. The number of Topliss-reactive ketones (excluding diaryl/α,β-unsaturated/α-hetero) is 1. The molecule has 2 heterocycles. The van der Waals surface area contributed by atoms with Crippen LogP contribution in [0.1, 0.15) is 124 Å². The molecule has 4 aliphatic rings. The minimum absolute atomic E-state index is 0.0507. The topological polar surface area (TPSA) is 117 Å². The highest BCUT2D eigenvalue weighted by Gasteiger charge is 2.30. The maximum atomic E-state index is 15.7. The van der Waals surface area contributed by atoms with Crippen LogP contribution in [0.4, 0.5) is 4.39 Å². The normalized spacial score (nSPS) is 22.3. The van der Waals surface area contributed by atoms with E-state index in [0.717, 1.165) is 94.1 Å². The first-order chi connectivity index (χ1) is 31.8. The molecule has 1 N–H and O–H groups in total. The lowest BCUT2D eigenvalue weighted by molar-refractivity contribution is -0.135. The Hall–Kier alpha value is -5.69. The van der Waals surface area contributed by atoms with Crippen molar-refractivity contribution in [2.24, 2.45) is 17.8 Å². The number of ether oxygens (including phenoxy) is 1. The molecule has 0 spiro atoms. The van der Waals surface area contributed by atoms with Gasteiger partial charge in [-0.15, -0.1) is 0 Å². The van der Waals surface area contributed by atoms with Crippen molar-refractivity contribution in [1.29, 1.82) is 5.26 Å². The Kier molecular flexibility index (Phi) is 17.8. The Labute approximate surface area is 395 Å². The van der Waals surface area contributed by atoms with Gasteiger partial charge in [-0.25, -0.2) is 4.39 Å². The fourth-order valence-corrected chi connectivity index (χ4v) is 10.0. The third-order valence-electron chi connectivity index (χ3n) is 13.6. The Bertz CT molecular complexity index is 2430. The van der Waals surface area contributed by atoms with Crippen LogP contribution in [0.5, 0.6) is 5.75 Å². The second-order valence-corrected chi connectivity index (χ2v) is 18.6. The van der Waals surface area contributed by atoms with Gasteiger partial charge in [0.1, 0.15) is 17.6 Å². The highest BCUT2D eigenvalue weighted by molar-refractivity contribution is 6.31. The first-order valence-electron chi connectivity index (χ1n) is 23.5. The number of hydrogen-bond donors (Lipinski definition) is 1. The minimum Gasteiger partial charge on any atom is -0.490 e. The summed E-state index contributed by atoms with van der Waals surface area (Å²) in [6.07, 6.45) is 24.4. The summed E-state index contributed by atoms with van der Waals surface area (Å²) in [7, 11) is 0. The molecule has 0 bridgehead atoms. The first kappa shape index (κ1) is 49.7. The first-order valence-corrected chi connectivity index (χ1v) is 23.9. The number of carbonyl (C=O) groups excluding carboxylic acids is 4. The summed E-state index contributed by atoms with van der Waals surface area (Å²) in [6, 6.07) is 10.3. The van der Waals surface area contributed by atoms with Gasteiger partial charge in [0.2, 0.25) is 11.8 Å². The summed E-state index contributed by atoms with van der Waals surface area (Å²) in [4.78, 5) is 52.9. The molecular weight excluding hydrogens is 849 g/mol. The van der Waals surface area contributed by atoms with Crippen LogP contribution in [0, 0.1) is 34.9 Å². The maximum Gasteiger partial charge on any atom is 0.233 e. The molecular formula is C56H63ClFN3O5. The summed E-state index contributed by atoms with van der Waals surface area (Å²) >= 11 is 6.19. The zero-order valence-corrected chi connectivity index (χ0v) is 39.3. The lowest BCUT2D eigenvalue weighted by atomic mass is 9.84. The molecule has 1 atom stereocenters. The van der Waals surface area contributed by atoms with Gasteiger partial charge in [-0.05, 0) is 155 Å². The predicted molar refractivity (Wildman–Crippen MR) is 261 cm³/mol. The molecule has 3 fully saturated rings. The number of rotatable bonds is 17. The van der Waals surface area contributed by atoms with Crippen LogP contribution in [0.25, 0.3) is 5.57 Å². The van der Waals surface area contributed by atoms with Crippen molar-refractivity contribution in [3.05, 3.63) is 154 Å². The Morgan fingerprint density at radius 1 is 1.00 bits per heavy atom. The zero-order valence-electron chi connectivity index (χ0n) is 38.6. The molecule has 1 saturated heterocycles. The van der Waals surface area contributed by atoms with Gasteiger partial charge in [0.25, 0.3) is 0 Å². The molecule has 2 aliphatic heterocycles. The fraction of sp³-hybridized carbons (Fsp3) is 0.411. The molecule has 0 aromatic heterocycles. The van der Waals surface area contributed by atoms with Crippen LogP contribution >= 0.6 is 11.6 Å². The monoisotopic (exact) mass is 911 g/mol. The van der Waals surface area contributed by atoms with Crippen molar-refractivity contribution >= 4 is 40.6 Å². The van der Waals surface area contributed by atoms with Gasteiger partial charge in [0, 0.05) is 48.8 Å². The SMILES string of the molecule is C=C/C(C=C1CCC(CN2CCC=C(c3cc(CC(=C)C4CCC(=O)NC4=O)c(C(C)=O)cc3F)CC2)CC1)=C\C(CC)=C(/C=C)C(=O)/C=C/C1CCC(Oc2ccc(C#N)c(Cl)c2)CC1. The van der Waals surface area contributed by atoms with E-state index in [-0.39, 0.29) is 53.8 Å². The Morgan fingerprint density at radius 2 is 1.76 bits per heavy atom. The van der Waals surface area contributed by atoms with Crippen molar-refractivity contribution in [3.63, 3.8) is 0 Å². The Morgan fingerprint density at radius 3 is 2.41 bits per heavy atom. The van der Waals surface area contributed by atoms with E-state index in [2.05, 4.69) is 61.2 Å². The number of carbonyl (C=O) groups is 4. The molecule has 2 amide bonds. The van der Waals surface area contributed by atoms with Crippen molar-refractivity contribution in [2.75, 3.05) is 19.6 Å². The highest BCUT2D eigenvalue weighted by atomic mass is 35.5. The molecule has 2 aromatic rings. The third-order valence-corrected chi connectivity index (χ3v) is 13.9. The van der Waals surface area contributed by atoms with Crippen LogP contribution in [-0.4, -0.2) is 54.0 Å². The highest BCUT2D eigenvalue weighted by Crippen LogP contribution is 2.35. The predicted octanol–water partition coefficient (Wildman–Crippen LogP) is 12.1. The molecule has 2 aromatic carbocycles. The van der Waals surface area contributed by atoms with Gasteiger partial charge in [-0.1, -0.05) is 85.9 Å². The number of imide groups is 1. The van der Waals surface area contributed by atoms with E-state index in [1.54, 1.807) is 36.4 Å². The quantitative estimate of drug-likeness (QED) is 0.0552. The number of nitrogens with zero attached hydrogens (tertiary/aromatic N) is 2. The van der Waals surface area contributed by atoms with E-state index < -0.39 is 11.7 Å². The maximum absolute atomic E-state index is 15.7. The number of benzene rings is 2. The summed E-state index contributed by atoms with van der Waals surface area (Å²) in [5.74, 6) is -0.437. The van der Waals surface area contributed by atoms with Gasteiger partial charge in [0.15, 0.2) is 11.6 Å². The van der Waals surface area contributed by atoms with E-state index in [1.807, 2.05) is 12.2 Å². The fourth-order valence-electron chi connectivity index (χ4n) is 9.79. The number of piperidine rings is 1. The lowest BCUT2D eigenvalue weighted by Gasteiger charge is -2.30. The van der Waals surface area contributed by atoms with Crippen molar-refractivity contribution < 1.29 is 28.3 Å². The van der Waals surface area contributed by atoms with E-state index >= 15 is 4.39 Å². The largest absolute Gasteiger partial charge is 0.490 e. The molecule has 8 nitrogen and oxygen atoms in total. The van der Waals surface area contributed by atoms with Crippen LogP contribution in [0.2, 0.25) is 5.02 Å². The van der Waals surface area contributed by atoms with Crippen LogP contribution in [-0.2, 0) is 20.8 Å². The van der Waals surface area contributed by atoms with E-state index in [4.69, 9.17) is 21.6 Å². The third kappa shape index (κ3) is 13.2. The zero-order chi connectivity index (χ0) is 47.3. The van der Waals surface area contributed by atoms with Gasteiger partial charge in [0.05, 0.1) is 22.6 Å². The number of nitrogens with one attached hydrogen (secondary N) is 1.